The van der Waals surface area contributed by atoms with Crippen molar-refractivity contribution in [3.05, 3.63) is 53.6 Å². The number of nitrogens with one attached hydrogen (secondary N) is 1. The Balaban J connectivity index is 0.00000208. The van der Waals surface area contributed by atoms with E-state index in [1.54, 1.807) is 0 Å². The molecule has 0 amide bonds. The minimum Gasteiger partial charge on any atom is -1.00 e. The van der Waals surface area contributed by atoms with Crippen LogP contribution in [0.4, 0.5) is 0 Å². The van der Waals surface area contributed by atoms with Crippen molar-refractivity contribution in [3.8, 4) is 17.2 Å². The molecule has 2 aromatic carbocycles. The normalized spacial score (nSPS) is 12.4. The average Bonchev–Trinajstić information content (AvgIpc) is 2.61. The molecule has 0 atom stereocenters. The maximum absolute atomic E-state index is 5.85. The molecule has 0 aromatic heterocycles. The monoisotopic (exact) mass is 348 g/mol. The minimum absolute atomic E-state index is 0. The third-order valence-corrected chi connectivity index (χ3v) is 3.69. The highest BCUT2D eigenvalue weighted by atomic mass is 35.5. The molecule has 1 aliphatic heterocycles. The van der Waals surface area contributed by atoms with Gasteiger partial charge in [-0.1, -0.05) is 25.1 Å². The predicted molar refractivity (Wildman–Crippen MR) is 90.2 cm³/mol. The molecule has 0 aliphatic carbocycles. The zero-order valence-electron chi connectivity index (χ0n) is 13.9. The van der Waals surface area contributed by atoms with Gasteiger partial charge in [0.1, 0.15) is 25.6 Å². The molecular weight excluding hydrogens is 326 g/mol. The highest BCUT2D eigenvalue weighted by Crippen LogP contribution is 2.31. The van der Waals surface area contributed by atoms with E-state index in [2.05, 4.69) is 24.4 Å². The summed E-state index contributed by atoms with van der Waals surface area (Å²) in [6.07, 6.45) is 1.15. The first-order valence-electron chi connectivity index (χ1n) is 8.16. The Morgan fingerprint density at radius 2 is 1.67 bits per heavy atom. The molecule has 0 saturated carbocycles. The summed E-state index contributed by atoms with van der Waals surface area (Å²) in [5.74, 6) is 2.48. The molecule has 0 radical (unpaired) electrons. The summed E-state index contributed by atoms with van der Waals surface area (Å²) in [6, 6.07) is 14.2. The van der Waals surface area contributed by atoms with Gasteiger partial charge < -0.3 is 31.9 Å². The maximum Gasteiger partial charge on any atom is 0.161 e. The van der Waals surface area contributed by atoms with Crippen LogP contribution < -0.4 is 31.9 Å². The summed E-state index contributed by atoms with van der Waals surface area (Å²) >= 11 is 0. The lowest BCUT2D eigenvalue weighted by molar-refractivity contribution is -0.00000569. The van der Waals surface area contributed by atoms with Crippen molar-refractivity contribution in [2.24, 2.45) is 0 Å². The van der Waals surface area contributed by atoms with Crippen molar-refractivity contribution in [1.82, 2.24) is 5.32 Å². The standard InChI is InChI=1S/C19H23NO3.ClH/c1-2-9-20-13-15-3-6-17(7-4-15)23-14-16-5-8-18-19(12-16)22-11-10-21-18;/h3-8,12,20H,2,9-11,13-14H2,1H3;1H/p-1. The van der Waals surface area contributed by atoms with Gasteiger partial charge in [0.25, 0.3) is 0 Å². The molecule has 130 valence electrons. The smallest absolute Gasteiger partial charge is 0.161 e. The fraction of sp³-hybridized carbons (Fsp3) is 0.368. The van der Waals surface area contributed by atoms with Gasteiger partial charge in [-0.2, -0.15) is 0 Å². The number of benzene rings is 2. The molecule has 2 aromatic rings. The zero-order valence-corrected chi connectivity index (χ0v) is 14.6. The highest BCUT2D eigenvalue weighted by Gasteiger charge is 2.11. The molecule has 1 heterocycles. The Hall–Kier alpha value is -1.91. The lowest BCUT2D eigenvalue weighted by Crippen LogP contribution is -3.00. The second-order valence-corrected chi connectivity index (χ2v) is 5.59. The third-order valence-electron chi connectivity index (χ3n) is 3.69. The Morgan fingerprint density at radius 1 is 0.958 bits per heavy atom. The van der Waals surface area contributed by atoms with E-state index in [4.69, 9.17) is 14.2 Å². The molecule has 0 spiro atoms. The molecule has 0 saturated heterocycles. The van der Waals surface area contributed by atoms with Crippen LogP contribution in [0.2, 0.25) is 0 Å². The summed E-state index contributed by atoms with van der Waals surface area (Å²) < 4.78 is 17.0. The van der Waals surface area contributed by atoms with E-state index in [9.17, 15) is 0 Å². The molecule has 5 heteroatoms. The van der Waals surface area contributed by atoms with E-state index in [1.807, 2.05) is 30.3 Å². The summed E-state index contributed by atoms with van der Waals surface area (Å²) in [7, 11) is 0. The highest BCUT2D eigenvalue weighted by molar-refractivity contribution is 5.43. The molecule has 0 bridgehead atoms. The van der Waals surface area contributed by atoms with Crippen LogP contribution in [-0.4, -0.2) is 19.8 Å². The molecule has 1 aliphatic rings. The van der Waals surface area contributed by atoms with E-state index >= 15 is 0 Å². The number of fused-ring (bicyclic) bond motifs is 1. The fourth-order valence-electron chi connectivity index (χ4n) is 2.46. The number of hydrogen-bond acceptors (Lipinski definition) is 4. The van der Waals surface area contributed by atoms with Crippen LogP contribution in [-0.2, 0) is 13.2 Å². The van der Waals surface area contributed by atoms with Gasteiger partial charge in [-0.15, -0.1) is 0 Å². The van der Waals surface area contributed by atoms with Crippen molar-refractivity contribution in [1.29, 1.82) is 0 Å². The lowest BCUT2D eigenvalue weighted by atomic mass is 10.2. The average molecular weight is 349 g/mol. The maximum atomic E-state index is 5.85. The first kappa shape index (κ1) is 18.4. The summed E-state index contributed by atoms with van der Waals surface area (Å²) in [5, 5.41) is 3.39. The number of halogens is 1. The third kappa shape index (κ3) is 5.05. The summed E-state index contributed by atoms with van der Waals surface area (Å²) in [5.41, 5.74) is 2.34. The number of ether oxygens (including phenoxy) is 3. The van der Waals surface area contributed by atoms with Crippen molar-refractivity contribution >= 4 is 0 Å². The van der Waals surface area contributed by atoms with Crippen molar-refractivity contribution in [2.75, 3.05) is 19.8 Å². The Morgan fingerprint density at radius 3 is 2.42 bits per heavy atom. The van der Waals surface area contributed by atoms with Crippen LogP contribution in [0.1, 0.15) is 24.5 Å². The van der Waals surface area contributed by atoms with Crippen molar-refractivity contribution in [2.45, 2.75) is 26.5 Å². The van der Waals surface area contributed by atoms with Gasteiger partial charge in [-0.25, -0.2) is 0 Å². The molecule has 0 unspecified atom stereocenters. The SMILES string of the molecule is CCCNCc1ccc(OCc2ccc3c(c2)OCCO3)cc1.[Cl-]. The zero-order chi connectivity index (χ0) is 15.9. The predicted octanol–water partition coefficient (Wildman–Crippen LogP) is 0.540. The van der Waals surface area contributed by atoms with E-state index in [0.29, 0.717) is 19.8 Å². The fourth-order valence-corrected chi connectivity index (χ4v) is 2.46. The molecule has 1 N–H and O–H groups in total. The van der Waals surface area contributed by atoms with Crippen molar-refractivity contribution in [3.63, 3.8) is 0 Å². The molecule has 0 fully saturated rings. The van der Waals surface area contributed by atoms with Crippen LogP contribution >= 0.6 is 0 Å². The number of rotatable bonds is 7. The summed E-state index contributed by atoms with van der Waals surface area (Å²) in [6.45, 7) is 5.84. The van der Waals surface area contributed by atoms with E-state index in [1.165, 1.54) is 5.56 Å². The van der Waals surface area contributed by atoms with E-state index in [-0.39, 0.29) is 12.4 Å². The quantitative estimate of drug-likeness (QED) is 0.741. The minimum atomic E-state index is 0. The van der Waals surface area contributed by atoms with Crippen LogP contribution in [0, 0.1) is 0 Å². The second-order valence-electron chi connectivity index (χ2n) is 5.59. The molecule has 4 nitrogen and oxygen atoms in total. The first-order valence-corrected chi connectivity index (χ1v) is 8.16. The van der Waals surface area contributed by atoms with Crippen LogP contribution in [0.15, 0.2) is 42.5 Å². The topological polar surface area (TPSA) is 39.7 Å². The van der Waals surface area contributed by atoms with Crippen LogP contribution in [0.5, 0.6) is 17.2 Å². The van der Waals surface area contributed by atoms with E-state index in [0.717, 1.165) is 42.3 Å². The first-order chi connectivity index (χ1) is 11.3. The van der Waals surface area contributed by atoms with Gasteiger partial charge >= 0.3 is 0 Å². The summed E-state index contributed by atoms with van der Waals surface area (Å²) in [4.78, 5) is 0. The van der Waals surface area contributed by atoms with Gasteiger partial charge in [0.2, 0.25) is 0 Å². The van der Waals surface area contributed by atoms with Crippen LogP contribution in [0.25, 0.3) is 0 Å². The van der Waals surface area contributed by atoms with E-state index < -0.39 is 0 Å². The largest absolute Gasteiger partial charge is 1.00 e. The van der Waals surface area contributed by atoms with Crippen molar-refractivity contribution < 1.29 is 26.6 Å². The Bertz CT molecular complexity index is 631. The van der Waals surface area contributed by atoms with Gasteiger partial charge in [0.05, 0.1) is 0 Å². The second kappa shape index (κ2) is 9.40. The Kier molecular flexibility index (Phi) is 7.22. The van der Waals surface area contributed by atoms with Crippen LogP contribution in [0.3, 0.4) is 0 Å². The van der Waals surface area contributed by atoms with Gasteiger partial charge in [-0.3, -0.25) is 0 Å². The number of hydrogen-bond donors (Lipinski definition) is 1. The molecule has 3 rings (SSSR count). The van der Waals surface area contributed by atoms with Gasteiger partial charge in [0.15, 0.2) is 11.5 Å². The Labute approximate surface area is 149 Å². The molecule has 24 heavy (non-hydrogen) atoms. The van der Waals surface area contributed by atoms with Gasteiger partial charge in [-0.05, 0) is 48.4 Å². The molecular formula is C19H23ClNO3-. The van der Waals surface area contributed by atoms with Gasteiger partial charge in [0, 0.05) is 6.54 Å². The lowest BCUT2D eigenvalue weighted by Gasteiger charge is -2.19.